The molecule has 0 saturated heterocycles. The van der Waals surface area contributed by atoms with Gasteiger partial charge in [-0.15, -0.1) is 0 Å². The Balaban J connectivity index is 1.72. The van der Waals surface area contributed by atoms with E-state index in [1.807, 2.05) is 12.1 Å². The fraction of sp³-hybridized carbons (Fsp3) is 0.0556. The maximum Gasteiger partial charge on any atom is 0.274 e. The van der Waals surface area contributed by atoms with Gasteiger partial charge in [0, 0.05) is 17.6 Å². The standard InChI is InChI=1S/C18H15FN4O2/c1-25-15-7-5-13(6-8-15)22-18-20-10-9-16(23-18)17(24)21-14-4-2-3-12(19)11-14/h2-11H,1H3,(H,21,24)(H,20,22,23). The predicted octanol–water partition coefficient (Wildman–Crippen LogP) is 3.62. The summed E-state index contributed by atoms with van der Waals surface area (Å²) >= 11 is 0. The van der Waals surface area contributed by atoms with Crippen molar-refractivity contribution in [2.24, 2.45) is 0 Å². The van der Waals surface area contributed by atoms with Crippen LogP contribution >= 0.6 is 0 Å². The molecule has 2 aromatic carbocycles. The van der Waals surface area contributed by atoms with Gasteiger partial charge in [0.2, 0.25) is 5.95 Å². The van der Waals surface area contributed by atoms with Gasteiger partial charge in [-0.3, -0.25) is 4.79 Å². The number of halogens is 1. The zero-order chi connectivity index (χ0) is 17.6. The van der Waals surface area contributed by atoms with E-state index in [4.69, 9.17) is 4.74 Å². The highest BCUT2D eigenvalue weighted by Gasteiger charge is 2.10. The number of amides is 1. The molecule has 3 rings (SSSR count). The molecule has 0 bridgehead atoms. The first kappa shape index (κ1) is 16.4. The molecule has 0 radical (unpaired) electrons. The van der Waals surface area contributed by atoms with Crippen molar-refractivity contribution in [2.45, 2.75) is 0 Å². The van der Waals surface area contributed by atoms with E-state index in [1.54, 1.807) is 25.3 Å². The van der Waals surface area contributed by atoms with Gasteiger partial charge in [0.15, 0.2) is 0 Å². The van der Waals surface area contributed by atoms with Crippen LogP contribution in [0.4, 0.5) is 21.7 Å². The molecule has 0 fully saturated rings. The van der Waals surface area contributed by atoms with Crippen LogP contribution in [0.2, 0.25) is 0 Å². The van der Waals surface area contributed by atoms with Crippen LogP contribution < -0.4 is 15.4 Å². The van der Waals surface area contributed by atoms with Crippen molar-refractivity contribution < 1.29 is 13.9 Å². The summed E-state index contributed by atoms with van der Waals surface area (Å²) in [4.78, 5) is 20.5. The van der Waals surface area contributed by atoms with E-state index in [-0.39, 0.29) is 11.6 Å². The Labute approximate surface area is 143 Å². The number of nitrogens with one attached hydrogen (secondary N) is 2. The molecule has 1 heterocycles. The molecular weight excluding hydrogens is 323 g/mol. The number of aromatic nitrogens is 2. The zero-order valence-electron chi connectivity index (χ0n) is 13.4. The topological polar surface area (TPSA) is 76.1 Å². The molecule has 0 atom stereocenters. The van der Waals surface area contributed by atoms with E-state index in [1.165, 1.54) is 30.5 Å². The second-order valence-electron chi connectivity index (χ2n) is 5.08. The molecule has 0 saturated carbocycles. The van der Waals surface area contributed by atoms with E-state index in [2.05, 4.69) is 20.6 Å². The Kier molecular flexibility index (Phi) is 4.84. The summed E-state index contributed by atoms with van der Waals surface area (Å²) in [5.41, 5.74) is 1.27. The molecule has 0 unspecified atom stereocenters. The number of hydrogen-bond donors (Lipinski definition) is 2. The second-order valence-corrected chi connectivity index (χ2v) is 5.08. The highest BCUT2D eigenvalue weighted by atomic mass is 19.1. The van der Waals surface area contributed by atoms with Gasteiger partial charge < -0.3 is 15.4 Å². The van der Waals surface area contributed by atoms with Crippen LogP contribution in [0.5, 0.6) is 5.75 Å². The summed E-state index contributed by atoms with van der Waals surface area (Å²) in [6.07, 6.45) is 1.47. The zero-order valence-corrected chi connectivity index (χ0v) is 13.4. The minimum atomic E-state index is -0.453. The molecule has 6 nitrogen and oxygen atoms in total. The minimum absolute atomic E-state index is 0.162. The average Bonchev–Trinajstić information content (AvgIpc) is 2.62. The number of carbonyl (C=O) groups is 1. The third kappa shape index (κ3) is 4.29. The van der Waals surface area contributed by atoms with Crippen LogP contribution in [-0.2, 0) is 0 Å². The molecule has 126 valence electrons. The fourth-order valence-electron chi connectivity index (χ4n) is 2.11. The largest absolute Gasteiger partial charge is 0.497 e. The Bertz CT molecular complexity index is 884. The number of ether oxygens (including phenoxy) is 1. The molecular formula is C18H15FN4O2. The van der Waals surface area contributed by atoms with Gasteiger partial charge >= 0.3 is 0 Å². The molecule has 0 spiro atoms. The molecule has 0 aliphatic carbocycles. The maximum absolute atomic E-state index is 13.2. The van der Waals surface area contributed by atoms with Crippen molar-refractivity contribution >= 4 is 23.2 Å². The van der Waals surface area contributed by atoms with Crippen LogP contribution in [-0.4, -0.2) is 23.0 Å². The summed E-state index contributed by atoms with van der Waals surface area (Å²) in [7, 11) is 1.59. The third-order valence-electron chi connectivity index (χ3n) is 3.32. The molecule has 25 heavy (non-hydrogen) atoms. The third-order valence-corrected chi connectivity index (χ3v) is 3.32. The minimum Gasteiger partial charge on any atom is -0.497 e. The van der Waals surface area contributed by atoms with Crippen LogP contribution in [0.25, 0.3) is 0 Å². The van der Waals surface area contributed by atoms with Gasteiger partial charge in [0.1, 0.15) is 17.3 Å². The lowest BCUT2D eigenvalue weighted by molar-refractivity contribution is 0.102. The quantitative estimate of drug-likeness (QED) is 0.743. The number of hydrogen-bond acceptors (Lipinski definition) is 5. The summed E-state index contributed by atoms with van der Waals surface area (Å²) in [6.45, 7) is 0. The lowest BCUT2D eigenvalue weighted by Crippen LogP contribution is -2.14. The molecule has 7 heteroatoms. The van der Waals surface area contributed by atoms with Gasteiger partial charge in [0.25, 0.3) is 5.91 Å². The smallest absolute Gasteiger partial charge is 0.274 e. The Hall–Kier alpha value is -3.48. The van der Waals surface area contributed by atoms with Crippen LogP contribution in [0, 0.1) is 5.82 Å². The lowest BCUT2D eigenvalue weighted by Gasteiger charge is -2.08. The number of anilines is 3. The van der Waals surface area contributed by atoms with Crippen molar-refractivity contribution in [3.8, 4) is 5.75 Å². The number of nitrogens with zero attached hydrogens (tertiary/aromatic N) is 2. The average molecular weight is 338 g/mol. The summed E-state index contributed by atoms with van der Waals surface area (Å²) in [5, 5.41) is 5.60. The Morgan fingerprint density at radius 1 is 1.08 bits per heavy atom. The maximum atomic E-state index is 13.2. The number of carbonyl (C=O) groups excluding carboxylic acids is 1. The second kappa shape index (κ2) is 7.39. The van der Waals surface area contributed by atoms with Crippen molar-refractivity contribution in [1.82, 2.24) is 9.97 Å². The van der Waals surface area contributed by atoms with Crippen LogP contribution in [0.1, 0.15) is 10.5 Å². The monoisotopic (exact) mass is 338 g/mol. The summed E-state index contributed by atoms with van der Waals surface area (Å²) < 4.78 is 18.3. The highest BCUT2D eigenvalue weighted by molar-refractivity contribution is 6.02. The SMILES string of the molecule is COc1ccc(Nc2nccc(C(=O)Nc3cccc(F)c3)n2)cc1. The van der Waals surface area contributed by atoms with E-state index in [0.29, 0.717) is 5.69 Å². The Morgan fingerprint density at radius 3 is 2.60 bits per heavy atom. The van der Waals surface area contributed by atoms with Gasteiger partial charge in [-0.1, -0.05) is 6.07 Å². The first-order valence-electron chi connectivity index (χ1n) is 7.45. The lowest BCUT2D eigenvalue weighted by atomic mass is 10.3. The normalized spacial score (nSPS) is 10.2. The first-order valence-corrected chi connectivity index (χ1v) is 7.45. The number of methoxy groups -OCH3 is 1. The van der Waals surface area contributed by atoms with Gasteiger partial charge in [-0.05, 0) is 48.5 Å². The van der Waals surface area contributed by atoms with Crippen molar-refractivity contribution in [3.05, 3.63) is 72.3 Å². The van der Waals surface area contributed by atoms with E-state index in [0.717, 1.165) is 11.4 Å². The summed E-state index contributed by atoms with van der Waals surface area (Å²) in [5.74, 6) is 0.125. The Morgan fingerprint density at radius 2 is 1.88 bits per heavy atom. The molecule has 1 aromatic heterocycles. The number of benzene rings is 2. The van der Waals surface area contributed by atoms with Crippen molar-refractivity contribution in [3.63, 3.8) is 0 Å². The highest BCUT2D eigenvalue weighted by Crippen LogP contribution is 2.18. The molecule has 1 amide bonds. The van der Waals surface area contributed by atoms with Gasteiger partial charge in [0.05, 0.1) is 7.11 Å². The van der Waals surface area contributed by atoms with Gasteiger partial charge in [-0.25, -0.2) is 14.4 Å². The molecule has 3 aromatic rings. The van der Waals surface area contributed by atoms with E-state index < -0.39 is 11.7 Å². The fourth-order valence-corrected chi connectivity index (χ4v) is 2.11. The van der Waals surface area contributed by atoms with Crippen molar-refractivity contribution in [2.75, 3.05) is 17.7 Å². The van der Waals surface area contributed by atoms with E-state index >= 15 is 0 Å². The van der Waals surface area contributed by atoms with Crippen LogP contribution in [0.3, 0.4) is 0 Å². The van der Waals surface area contributed by atoms with Crippen molar-refractivity contribution in [1.29, 1.82) is 0 Å². The van der Waals surface area contributed by atoms with E-state index in [9.17, 15) is 9.18 Å². The molecule has 0 aliphatic rings. The van der Waals surface area contributed by atoms with Crippen LogP contribution in [0.15, 0.2) is 60.8 Å². The molecule has 2 N–H and O–H groups in total. The number of rotatable bonds is 5. The molecule has 0 aliphatic heterocycles. The first-order chi connectivity index (χ1) is 12.1. The summed E-state index contributed by atoms with van der Waals surface area (Å²) in [6, 6.07) is 14.3. The van der Waals surface area contributed by atoms with Gasteiger partial charge in [-0.2, -0.15) is 0 Å². The predicted molar refractivity (Wildman–Crippen MR) is 92.7 cm³/mol.